The number of rotatable bonds is 5. The van der Waals surface area contributed by atoms with E-state index in [0.29, 0.717) is 11.3 Å². The molecule has 0 radical (unpaired) electrons. The number of carboxylic acid groups (broad SMARTS) is 1. The Morgan fingerprint density at radius 3 is 2.11 bits per heavy atom. The fraction of sp³-hybridized carbons (Fsp3) is 0.190. The van der Waals surface area contributed by atoms with Crippen LogP contribution in [0.3, 0.4) is 0 Å². The van der Waals surface area contributed by atoms with Gasteiger partial charge in [0, 0.05) is 11.6 Å². The number of aliphatic hydroxyl groups is 1. The lowest BCUT2D eigenvalue weighted by Crippen LogP contribution is -2.31. The predicted molar refractivity (Wildman–Crippen MR) is 99.6 cm³/mol. The number of benzene rings is 2. The van der Waals surface area contributed by atoms with Gasteiger partial charge in [-0.2, -0.15) is 0 Å². The zero-order chi connectivity index (χ0) is 19.7. The molecule has 0 fully saturated rings. The number of Topliss-reactive ketones (excluding diaryl/α,β-unsaturated/α-hetero) is 1. The molecule has 1 heterocycles. The van der Waals surface area contributed by atoms with Crippen molar-refractivity contribution in [2.45, 2.75) is 19.9 Å². The van der Waals surface area contributed by atoms with E-state index >= 15 is 0 Å². The van der Waals surface area contributed by atoms with Crippen molar-refractivity contribution in [1.29, 1.82) is 0 Å². The van der Waals surface area contributed by atoms with Crippen molar-refractivity contribution in [3.63, 3.8) is 0 Å². The monoisotopic (exact) mass is 365 g/mol. The molecule has 0 spiro atoms. The summed E-state index contributed by atoms with van der Waals surface area (Å²) in [7, 11) is 0. The minimum absolute atomic E-state index is 0.0588. The Kier molecular flexibility index (Phi) is 4.81. The average molecular weight is 365 g/mol. The van der Waals surface area contributed by atoms with E-state index in [4.69, 9.17) is 5.11 Å². The highest BCUT2D eigenvalue weighted by atomic mass is 16.4. The molecule has 0 bridgehead atoms. The summed E-state index contributed by atoms with van der Waals surface area (Å²) in [6.07, 6.45) is 0. The average Bonchev–Trinajstić information content (AvgIpc) is 2.93. The Bertz CT molecular complexity index is 929. The van der Waals surface area contributed by atoms with Crippen LogP contribution in [0.25, 0.3) is 0 Å². The van der Waals surface area contributed by atoms with Crippen LogP contribution in [0.4, 0.5) is 5.69 Å². The molecule has 6 heteroatoms. The topological polar surface area (TPSA) is 94.9 Å². The van der Waals surface area contributed by atoms with Crippen LogP contribution in [-0.2, 0) is 9.59 Å². The third kappa shape index (κ3) is 3.21. The number of amides is 1. The van der Waals surface area contributed by atoms with Crippen molar-refractivity contribution in [2.75, 3.05) is 4.90 Å². The fourth-order valence-corrected chi connectivity index (χ4v) is 3.15. The maximum atomic E-state index is 12.8. The maximum Gasteiger partial charge on any atom is 0.335 e. The fourth-order valence-electron chi connectivity index (χ4n) is 3.15. The zero-order valence-electron chi connectivity index (χ0n) is 14.9. The van der Waals surface area contributed by atoms with Crippen LogP contribution in [0.15, 0.2) is 65.9 Å². The molecule has 0 aromatic heterocycles. The van der Waals surface area contributed by atoms with E-state index < -0.39 is 29.6 Å². The minimum atomic E-state index is -1.08. The molecule has 27 heavy (non-hydrogen) atoms. The van der Waals surface area contributed by atoms with Crippen LogP contribution in [0, 0.1) is 5.92 Å². The molecule has 0 aliphatic carbocycles. The van der Waals surface area contributed by atoms with Gasteiger partial charge in [0.1, 0.15) is 0 Å². The van der Waals surface area contributed by atoms with Crippen LogP contribution in [0.1, 0.15) is 35.8 Å². The molecule has 6 nitrogen and oxygen atoms in total. The number of ketones is 1. The van der Waals surface area contributed by atoms with Crippen molar-refractivity contribution in [3.8, 4) is 0 Å². The quantitative estimate of drug-likeness (QED) is 0.845. The second-order valence-corrected chi connectivity index (χ2v) is 6.62. The molecule has 0 saturated heterocycles. The molecule has 1 aliphatic rings. The summed E-state index contributed by atoms with van der Waals surface area (Å²) in [5.41, 5.74) is 1.22. The number of carbonyl (C=O) groups is 3. The number of carbonyl (C=O) groups excluding carboxylic acids is 2. The molecular formula is C21H19NO5. The minimum Gasteiger partial charge on any atom is -0.503 e. The lowest BCUT2D eigenvalue weighted by molar-refractivity contribution is -0.119. The van der Waals surface area contributed by atoms with Crippen molar-refractivity contribution in [3.05, 3.63) is 77.1 Å². The second kappa shape index (κ2) is 7.07. The van der Waals surface area contributed by atoms with Gasteiger partial charge < -0.3 is 10.2 Å². The Morgan fingerprint density at radius 2 is 1.59 bits per heavy atom. The largest absolute Gasteiger partial charge is 0.503 e. The Morgan fingerprint density at radius 1 is 1.00 bits per heavy atom. The van der Waals surface area contributed by atoms with Crippen LogP contribution in [0.5, 0.6) is 0 Å². The van der Waals surface area contributed by atoms with E-state index in [1.807, 2.05) is 6.07 Å². The van der Waals surface area contributed by atoms with Gasteiger partial charge in [-0.05, 0) is 29.8 Å². The number of aromatic carboxylic acids is 1. The first-order chi connectivity index (χ1) is 12.8. The molecule has 0 unspecified atom stereocenters. The second-order valence-electron chi connectivity index (χ2n) is 6.62. The number of carboxylic acids is 1. The van der Waals surface area contributed by atoms with Gasteiger partial charge in [-0.3, -0.25) is 14.5 Å². The molecule has 3 rings (SSSR count). The summed E-state index contributed by atoms with van der Waals surface area (Å²) in [6.45, 7) is 3.42. The van der Waals surface area contributed by atoms with Gasteiger partial charge in [-0.1, -0.05) is 44.2 Å². The van der Waals surface area contributed by atoms with Gasteiger partial charge in [-0.25, -0.2) is 4.79 Å². The summed E-state index contributed by atoms with van der Waals surface area (Å²) in [5, 5.41) is 19.5. The molecule has 2 aromatic rings. The number of hydrogen-bond donors (Lipinski definition) is 2. The van der Waals surface area contributed by atoms with E-state index in [2.05, 4.69) is 0 Å². The number of hydrogen-bond acceptors (Lipinski definition) is 4. The first-order valence-corrected chi connectivity index (χ1v) is 8.52. The van der Waals surface area contributed by atoms with Gasteiger partial charge in [0.2, 0.25) is 0 Å². The summed E-state index contributed by atoms with van der Waals surface area (Å²) in [6, 6.07) is 13.9. The summed E-state index contributed by atoms with van der Waals surface area (Å²) >= 11 is 0. The van der Waals surface area contributed by atoms with Crippen LogP contribution >= 0.6 is 0 Å². The van der Waals surface area contributed by atoms with Crippen LogP contribution < -0.4 is 4.90 Å². The first-order valence-electron chi connectivity index (χ1n) is 8.52. The molecule has 1 aliphatic heterocycles. The zero-order valence-corrected chi connectivity index (χ0v) is 14.9. The summed E-state index contributed by atoms with van der Waals surface area (Å²) < 4.78 is 0. The normalized spacial score (nSPS) is 16.9. The van der Waals surface area contributed by atoms with E-state index in [-0.39, 0.29) is 16.9 Å². The van der Waals surface area contributed by atoms with Crippen LogP contribution in [0.2, 0.25) is 0 Å². The predicted octanol–water partition coefficient (Wildman–Crippen LogP) is 3.51. The Hall–Kier alpha value is -3.41. The molecule has 1 atom stereocenters. The van der Waals surface area contributed by atoms with Crippen molar-refractivity contribution in [1.82, 2.24) is 0 Å². The van der Waals surface area contributed by atoms with E-state index in [1.54, 1.807) is 38.1 Å². The lowest BCUT2D eigenvalue weighted by Gasteiger charge is -2.27. The SMILES string of the molecule is CC(C)C(=O)C1=C(O)C(=O)N(c2ccc(C(=O)O)cc2)[C@H]1c1ccccc1. The Labute approximate surface area is 156 Å². The highest BCUT2D eigenvalue weighted by molar-refractivity contribution is 6.16. The Balaban J connectivity index is 2.14. The summed E-state index contributed by atoms with van der Waals surface area (Å²) in [5.74, 6) is -3.03. The lowest BCUT2D eigenvalue weighted by atomic mass is 9.91. The van der Waals surface area contributed by atoms with Gasteiger partial charge in [0.05, 0.1) is 17.2 Å². The molecular weight excluding hydrogens is 346 g/mol. The van der Waals surface area contributed by atoms with Crippen molar-refractivity contribution in [2.24, 2.45) is 5.92 Å². The van der Waals surface area contributed by atoms with Crippen molar-refractivity contribution >= 4 is 23.3 Å². The van der Waals surface area contributed by atoms with E-state index in [0.717, 1.165) is 0 Å². The van der Waals surface area contributed by atoms with Gasteiger partial charge in [0.15, 0.2) is 11.5 Å². The van der Waals surface area contributed by atoms with E-state index in [1.165, 1.54) is 29.2 Å². The van der Waals surface area contributed by atoms with Gasteiger partial charge >= 0.3 is 5.97 Å². The number of nitrogens with zero attached hydrogens (tertiary/aromatic N) is 1. The molecule has 1 amide bonds. The first kappa shape index (κ1) is 18.4. The van der Waals surface area contributed by atoms with Gasteiger partial charge in [0.25, 0.3) is 5.91 Å². The summed E-state index contributed by atoms with van der Waals surface area (Å²) in [4.78, 5) is 37.9. The van der Waals surface area contributed by atoms with Crippen molar-refractivity contribution < 1.29 is 24.6 Å². The molecule has 138 valence electrons. The van der Waals surface area contributed by atoms with Gasteiger partial charge in [-0.15, -0.1) is 0 Å². The number of aliphatic hydroxyl groups excluding tert-OH is 1. The molecule has 0 saturated carbocycles. The maximum absolute atomic E-state index is 12.8. The highest BCUT2D eigenvalue weighted by Crippen LogP contribution is 2.41. The highest BCUT2D eigenvalue weighted by Gasteiger charge is 2.44. The number of anilines is 1. The van der Waals surface area contributed by atoms with E-state index in [9.17, 15) is 19.5 Å². The smallest absolute Gasteiger partial charge is 0.335 e. The standard InChI is InChI=1S/C21H19NO5/c1-12(2)18(23)16-17(13-6-4-3-5-7-13)22(20(25)19(16)24)15-10-8-14(9-11-15)21(26)27/h3-12,17,24H,1-2H3,(H,26,27)/t17-/m0/s1. The van der Waals surface area contributed by atoms with Crippen LogP contribution in [-0.4, -0.2) is 27.9 Å². The third-order valence-corrected chi connectivity index (χ3v) is 4.51. The molecule has 2 N–H and O–H groups in total. The third-order valence-electron chi connectivity index (χ3n) is 4.51. The molecule has 2 aromatic carbocycles.